The van der Waals surface area contributed by atoms with E-state index in [1.165, 1.54) is 13.2 Å². The first-order chi connectivity index (χ1) is 9.92. The van der Waals surface area contributed by atoms with Crippen molar-refractivity contribution in [3.63, 3.8) is 0 Å². The van der Waals surface area contributed by atoms with Gasteiger partial charge in [-0.15, -0.1) is 0 Å². The van der Waals surface area contributed by atoms with E-state index in [-0.39, 0.29) is 11.4 Å². The zero-order valence-electron chi connectivity index (χ0n) is 11.3. The number of nitrogen functional groups attached to an aromatic ring is 1. The summed E-state index contributed by atoms with van der Waals surface area (Å²) in [6.07, 6.45) is 0. The van der Waals surface area contributed by atoms with Crippen LogP contribution in [0.25, 0.3) is 0 Å². The Labute approximate surface area is 132 Å². The Bertz CT molecular complexity index is 730. The summed E-state index contributed by atoms with van der Waals surface area (Å²) >= 11 is 3.26. The second kappa shape index (κ2) is 6.46. The number of methoxy groups -OCH3 is 1. The highest BCUT2D eigenvalue weighted by atomic mass is 79.9. The maximum absolute atomic E-state index is 12.4. The maximum atomic E-state index is 12.4. The topological polar surface area (TPSA) is 81.4 Å². The molecule has 21 heavy (non-hydrogen) atoms. The molecule has 0 radical (unpaired) electrons. The van der Waals surface area contributed by atoms with Crippen LogP contribution in [0.3, 0.4) is 0 Å². The SMILES string of the molecule is COc1ccc(Br)cc1S(=O)(=O)NCc1ccc(N)cc1. The van der Waals surface area contributed by atoms with Crippen LogP contribution in [-0.4, -0.2) is 15.5 Å². The van der Waals surface area contributed by atoms with E-state index in [2.05, 4.69) is 20.7 Å². The van der Waals surface area contributed by atoms with E-state index in [9.17, 15) is 8.42 Å². The van der Waals surface area contributed by atoms with Crippen molar-refractivity contribution < 1.29 is 13.2 Å². The van der Waals surface area contributed by atoms with E-state index in [1.807, 2.05) is 0 Å². The van der Waals surface area contributed by atoms with Crippen LogP contribution in [0.15, 0.2) is 51.8 Å². The first-order valence-electron chi connectivity index (χ1n) is 6.10. The number of anilines is 1. The summed E-state index contributed by atoms with van der Waals surface area (Å²) in [5.74, 6) is 0.294. The second-order valence-corrected chi connectivity index (χ2v) is 7.01. The predicted octanol–water partition coefficient (Wildman–Crippen LogP) is 2.52. The third kappa shape index (κ3) is 3.96. The Morgan fingerprint density at radius 3 is 2.48 bits per heavy atom. The molecule has 0 amide bonds. The van der Waals surface area contributed by atoms with Gasteiger partial charge in [0.2, 0.25) is 10.0 Å². The lowest BCUT2D eigenvalue weighted by Crippen LogP contribution is -2.23. The molecule has 0 saturated heterocycles. The summed E-state index contributed by atoms with van der Waals surface area (Å²) < 4.78 is 33.0. The summed E-state index contributed by atoms with van der Waals surface area (Å²) in [5.41, 5.74) is 7.05. The van der Waals surface area contributed by atoms with Crippen molar-refractivity contribution in [2.75, 3.05) is 12.8 Å². The number of nitrogens with one attached hydrogen (secondary N) is 1. The second-order valence-electron chi connectivity index (χ2n) is 4.36. The minimum Gasteiger partial charge on any atom is -0.495 e. The molecule has 0 aliphatic carbocycles. The van der Waals surface area contributed by atoms with Gasteiger partial charge in [0.25, 0.3) is 0 Å². The molecule has 5 nitrogen and oxygen atoms in total. The Hall–Kier alpha value is -1.57. The average Bonchev–Trinajstić information content (AvgIpc) is 2.47. The highest BCUT2D eigenvalue weighted by molar-refractivity contribution is 9.10. The van der Waals surface area contributed by atoms with Crippen LogP contribution in [0.4, 0.5) is 5.69 Å². The molecule has 2 aromatic rings. The molecule has 112 valence electrons. The van der Waals surface area contributed by atoms with Gasteiger partial charge in [-0.2, -0.15) is 0 Å². The fraction of sp³-hybridized carbons (Fsp3) is 0.143. The van der Waals surface area contributed by atoms with Gasteiger partial charge < -0.3 is 10.5 Å². The number of ether oxygens (including phenoxy) is 1. The summed E-state index contributed by atoms with van der Waals surface area (Å²) in [6, 6.07) is 11.8. The number of benzene rings is 2. The van der Waals surface area contributed by atoms with Gasteiger partial charge in [0.1, 0.15) is 10.6 Å². The summed E-state index contributed by atoms with van der Waals surface area (Å²) in [7, 11) is -2.24. The van der Waals surface area contributed by atoms with Crippen LogP contribution in [0, 0.1) is 0 Å². The Kier molecular flexibility index (Phi) is 4.87. The first-order valence-corrected chi connectivity index (χ1v) is 8.37. The molecule has 0 spiro atoms. The molecular weight excluding hydrogens is 356 g/mol. The van der Waals surface area contributed by atoms with Gasteiger partial charge in [-0.1, -0.05) is 28.1 Å². The predicted molar refractivity (Wildman–Crippen MR) is 85.6 cm³/mol. The van der Waals surface area contributed by atoms with Crippen molar-refractivity contribution in [3.05, 3.63) is 52.5 Å². The molecule has 0 fully saturated rings. The van der Waals surface area contributed by atoms with Gasteiger partial charge in [-0.25, -0.2) is 13.1 Å². The van der Waals surface area contributed by atoms with Crippen molar-refractivity contribution in [2.24, 2.45) is 0 Å². The van der Waals surface area contributed by atoms with Crippen molar-refractivity contribution in [1.29, 1.82) is 0 Å². The zero-order valence-corrected chi connectivity index (χ0v) is 13.7. The molecule has 3 N–H and O–H groups in total. The fourth-order valence-electron chi connectivity index (χ4n) is 1.75. The number of hydrogen-bond acceptors (Lipinski definition) is 4. The smallest absolute Gasteiger partial charge is 0.244 e. The van der Waals surface area contributed by atoms with Crippen molar-refractivity contribution >= 4 is 31.6 Å². The van der Waals surface area contributed by atoms with E-state index >= 15 is 0 Å². The van der Waals surface area contributed by atoms with E-state index in [0.717, 1.165) is 5.56 Å². The minimum atomic E-state index is -3.67. The molecule has 0 saturated carbocycles. The van der Waals surface area contributed by atoms with Crippen molar-refractivity contribution in [3.8, 4) is 5.75 Å². The van der Waals surface area contributed by atoms with Gasteiger partial charge in [-0.05, 0) is 35.9 Å². The van der Waals surface area contributed by atoms with Crippen LogP contribution in [0.1, 0.15) is 5.56 Å². The normalized spacial score (nSPS) is 11.3. The monoisotopic (exact) mass is 370 g/mol. The highest BCUT2D eigenvalue weighted by Crippen LogP contribution is 2.27. The summed E-state index contributed by atoms with van der Waals surface area (Å²) in [6.45, 7) is 0.179. The van der Waals surface area contributed by atoms with Crippen molar-refractivity contribution in [2.45, 2.75) is 11.4 Å². The van der Waals surface area contributed by atoms with Gasteiger partial charge in [0.15, 0.2) is 0 Å². The Morgan fingerprint density at radius 1 is 1.19 bits per heavy atom. The van der Waals surface area contributed by atoms with Gasteiger partial charge in [-0.3, -0.25) is 0 Å². The van der Waals surface area contributed by atoms with Gasteiger partial charge in [0.05, 0.1) is 7.11 Å². The lowest BCUT2D eigenvalue weighted by molar-refractivity contribution is 0.402. The summed E-state index contributed by atoms with van der Waals surface area (Å²) in [4.78, 5) is 0.0924. The fourth-order valence-corrected chi connectivity index (χ4v) is 3.48. The van der Waals surface area contributed by atoms with Crippen LogP contribution >= 0.6 is 15.9 Å². The lowest BCUT2D eigenvalue weighted by atomic mass is 10.2. The third-order valence-corrected chi connectivity index (χ3v) is 4.78. The Morgan fingerprint density at radius 2 is 1.86 bits per heavy atom. The minimum absolute atomic E-state index is 0.0924. The molecular formula is C14H15BrN2O3S. The molecule has 0 atom stereocenters. The molecule has 0 aromatic heterocycles. The molecule has 2 aromatic carbocycles. The molecule has 0 unspecified atom stereocenters. The number of hydrogen-bond donors (Lipinski definition) is 2. The van der Waals surface area contributed by atoms with Crippen LogP contribution < -0.4 is 15.2 Å². The molecule has 0 heterocycles. The van der Waals surface area contributed by atoms with E-state index in [4.69, 9.17) is 10.5 Å². The molecule has 0 bridgehead atoms. The lowest BCUT2D eigenvalue weighted by Gasteiger charge is -2.11. The van der Waals surface area contributed by atoms with E-state index in [0.29, 0.717) is 15.9 Å². The number of rotatable bonds is 5. The molecule has 2 rings (SSSR count). The molecule has 0 aliphatic rings. The van der Waals surface area contributed by atoms with E-state index < -0.39 is 10.0 Å². The number of halogens is 1. The number of sulfonamides is 1. The van der Waals surface area contributed by atoms with Crippen LogP contribution in [0.5, 0.6) is 5.75 Å². The largest absolute Gasteiger partial charge is 0.495 e. The molecule has 7 heteroatoms. The maximum Gasteiger partial charge on any atom is 0.244 e. The Balaban J connectivity index is 2.22. The van der Waals surface area contributed by atoms with Gasteiger partial charge >= 0.3 is 0 Å². The standard InChI is InChI=1S/C14H15BrN2O3S/c1-20-13-7-4-11(15)8-14(13)21(18,19)17-9-10-2-5-12(16)6-3-10/h2-8,17H,9,16H2,1H3. The zero-order chi connectivity index (χ0) is 15.5. The third-order valence-electron chi connectivity index (χ3n) is 2.86. The van der Waals surface area contributed by atoms with Crippen LogP contribution in [-0.2, 0) is 16.6 Å². The quantitative estimate of drug-likeness (QED) is 0.792. The average molecular weight is 371 g/mol. The highest BCUT2D eigenvalue weighted by Gasteiger charge is 2.19. The first kappa shape index (κ1) is 15.8. The van der Waals surface area contributed by atoms with Crippen LogP contribution in [0.2, 0.25) is 0 Å². The summed E-state index contributed by atoms with van der Waals surface area (Å²) in [5, 5.41) is 0. The molecule has 0 aliphatic heterocycles. The number of nitrogens with two attached hydrogens (primary N) is 1. The van der Waals surface area contributed by atoms with Crippen molar-refractivity contribution in [1.82, 2.24) is 4.72 Å². The van der Waals surface area contributed by atoms with Gasteiger partial charge in [0, 0.05) is 16.7 Å². The van der Waals surface area contributed by atoms with E-state index in [1.54, 1.807) is 36.4 Å².